The molecule has 3 N–H and O–H groups in total. The van der Waals surface area contributed by atoms with Crippen molar-refractivity contribution in [2.75, 3.05) is 18.6 Å². The number of hydrogen-bond donors (Lipinski definition) is 2. The molecule has 0 heterocycles. The topological polar surface area (TPSA) is 89.3 Å². The molecule has 0 aliphatic carbocycles. The number of amides is 1. The Morgan fingerprint density at radius 2 is 1.83 bits per heavy atom. The second-order valence-corrected chi connectivity index (χ2v) is 8.83. The Labute approximate surface area is 145 Å². The van der Waals surface area contributed by atoms with Gasteiger partial charge in [0, 0.05) is 12.8 Å². The fourth-order valence-corrected chi connectivity index (χ4v) is 2.82. The Balaban J connectivity index is 0.00000484. The first-order valence-electron chi connectivity index (χ1n) is 7.34. The summed E-state index contributed by atoms with van der Waals surface area (Å²) in [6, 6.07) is 9.28. The molecule has 23 heavy (non-hydrogen) atoms. The average molecular weight is 363 g/mol. The van der Waals surface area contributed by atoms with E-state index in [0.29, 0.717) is 6.54 Å². The van der Waals surface area contributed by atoms with Crippen LogP contribution in [0, 0.1) is 5.41 Å². The lowest BCUT2D eigenvalue weighted by molar-refractivity contribution is -0.122. The van der Waals surface area contributed by atoms with Gasteiger partial charge in [0.25, 0.3) is 0 Å². The highest BCUT2D eigenvalue weighted by Crippen LogP contribution is 2.20. The molecule has 7 heteroatoms. The first kappa shape index (κ1) is 21.9. The number of nitrogens with two attached hydrogens (primary N) is 1. The maximum absolute atomic E-state index is 11.9. The molecule has 0 spiro atoms. The van der Waals surface area contributed by atoms with Crippen LogP contribution in [0.5, 0.6) is 0 Å². The second-order valence-electron chi connectivity index (χ2n) is 6.57. The third-order valence-corrected chi connectivity index (χ3v) is 4.38. The molecule has 132 valence electrons. The third kappa shape index (κ3) is 9.58. The van der Waals surface area contributed by atoms with Crippen molar-refractivity contribution in [3.05, 3.63) is 35.9 Å². The van der Waals surface area contributed by atoms with E-state index in [4.69, 9.17) is 5.73 Å². The van der Waals surface area contributed by atoms with Gasteiger partial charge in [0.1, 0.15) is 9.84 Å². The molecule has 0 fully saturated rings. The van der Waals surface area contributed by atoms with Crippen molar-refractivity contribution in [1.29, 1.82) is 0 Å². The number of sulfone groups is 1. The number of rotatable bonds is 8. The van der Waals surface area contributed by atoms with Crippen LogP contribution in [0.3, 0.4) is 0 Å². The summed E-state index contributed by atoms with van der Waals surface area (Å²) in [5, 5.41) is 2.82. The molecule has 0 bridgehead atoms. The molecule has 0 aliphatic heterocycles. The highest BCUT2D eigenvalue weighted by molar-refractivity contribution is 7.90. The van der Waals surface area contributed by atoms with Gasteiger partial charge < -0.3 is 11.1 Å². The molecule has 0 saturated carbocycles. The minimum atomic E-state index is -3.10. The Morgan fingerprint density at radius 3 is 2.35 bits per heavy atom. The minimum Gasteiger partial charge on any atom is -0.354 e. The van der Waals surface area contributed by atoms with Crippen LogP contribution >= 0.6 is 12.4 Å². The van der Waals surface area contributed by atoms with Crippen molar-refractivity contribution in [3.8, 4) is 0 Å². The van der Waals surface area contributed by atoms with E-state index in [1.54, 1.807) is 0 Å². The predicted molar refractivity (Wildman–Crippen MR) is 96.5 cm³/mol. The Morgan fingerprint density at radius 1 is 1.26 bits per heavy atom. The monoisotopic (exact) mass is 362 g/mol. The average Bonchev–Trinajstić information content (AvgIpc) is 2.42. The van der Waals surface area contributed by atoms with Crippen LogP contribution in [0.1, 0.15) is 25.8 Å². The Bertz CT molecular complexity index is 589. The highest BCUT2D eigenvalue weighted by atomic mass is 35.5. The van der Waals surface area contributed by atoms with Crippen molar-refractivity contribution in [3.63, 3.8) is 0 Å². The standard InChI is InChI=1S/C16H26N2O3S.ClH/c1-16(2,11-13-7-5-4-6-8-13)12-18-15(19)14(17)9-10-22(3,20)21;/h4-8,14H,9-12,17H2,1-3H3,(H,18,19);1H. The molecule has 5 nitrogen and oxygen atoms in total. The van der Waals surface area contributed by atoms with Crippen molar-refractivity contribution in [2.45, 2.75) is 32.7 Å². The minimum absolute atomic E-state index is 0. The van der Waals surface area contributed by atoms with Crippen LogP contribution in [0.2, 0.25) is 0 Å². The van der Waals surface area contributed by atoms with Gasteiger partial charge >= 0.3 is 0 Å². The largest absolute Gasteiger partial charge is 0.354 e. The fraction of sp³-hybridized carbons (Fsp3) is 0.562. The van der Waals surface area contributed by atoms with Gasteiger partial charge in [-0.25, -0.2) is 8.42 Å². The molecule has 1 aromatic carbocycles. The summed E-state index contributed by atoms with van der Waals surface area (Å²) in [5.41, 5.74) is 6.84. The van der Waals surface area contributed by atoms with Gasteiger partial charge in [-0.3, -0.25) is 4.79 Å². The van der Waals surface area contributed by atoms with E-state index in [2.05, 4.69) is 31.3 Å². The van der Waals surface area contributed by atoms with Gasteiger partial charge in [-0.1, -0.05) is 44.2 Å². The smallest absolute Gasteiger partial charge is 0.236 e. The summed E-state index contributed by atoms with van der Waals surface area (Å²) in [6.45, 7) is 4.64. The van der Waals surface area contributed by atoms with E-state index in [9.17, 15) is 13.2 Å². The van der Waals surface area contributed by atoms with Crippen LogP contribution in [0.15, 0.2) is 30.3 Å². The summed E-state index contributed by atoms with van der Waals surface area (Å²) >= 11 is 0. The molecule has 1 rings (SSSR count). The maximum Gasteiger partial charge on any atom is 0.236 e. The quantitative estimate of drug-likeness (QED) is 0.734. The number of nitrogens with one attached hydrogen (secondary N) is 1. The normalized spacial score (nSPS) is 13.0. The van der Waals surface area contributed by atoms with Crippen molar-refractivity contribution >= 4 is 28.2 Å². The van der Waals surface area contributed by atoms with Crippen molar-refractivity contribution < 1.29 is 13.2 Å². The van der Waals surface area contributed by atoms with E-state index in [0.717, 1.165) is 12.7 Å². The fourth-order valence-electron chi connectivity index (χ4n) is 2.14. The molecule has 1 amide bonds. The predicted octanol–water partition coefficient (Wildman–Crippen LogP) is 1.56. The molecule has 0 aliphatic rings. The Kier molecular flexibility index (Phi) is 8.80. The lowest BCUT2D eigenvalue weighted by Crippen LogP contribution is -2.45. The lowest BCUT2D eigenvalue weighted by Gasteiger charge is -2.26. The molecular formula is C16H27ClN2O3S. The summed E-state index contributed by atoms with van der Waals surface area (Å²) in [4.78, 5) is 11.9. The number of carbonyl (C=O) groups excluding carboxylic acids is 1. The van der Waals surface area contributed by atoms with E-state index in [1.807, 2.05) is 18.2 Å². The van der Waals surface area contributed by atoms with Crippen LogP contribution in [0.4, 0.5) is 0 Å². The molecule has 1 aromatic rings. The summed E-state index contributed by atoms with van der Waals surface area (Å²) in [7, 11) is -3.10. The molecular weight excluding hydrogens is 336 g/mol. The van der Waals surface area contributed by atoms with E-state index in [-0.39, 0.29) is 35.9 Å². The maximum atomic E-state index is 11.9. The van der Waals surface area contributed by atoms with E-state index < -0.39 is 15.9 Å². The van der Waals surface area contributed by atoms with Gasteiger partial charge in [0.2, 0.25) is 5.91 Å². The lowest BCUT2D eigenvalue weighted by atomic mass is 9.85. The molecule has 0 saturated heterocycles. The summed E-state index contributed by atoms with van der Waals surface area (Å²) in [5.74, 6) is -0.376. The van der Waals surface area contributed by atoms with Crippen molar-refractivity contribution in [2.24, 2.45) is 11.1 Å². The molecule has 0 radical (unpaired) electrons. The molecule has 0 aromatic heterocycles. The third-order valence-electron chi connectivity index (χ3n) is 3.40. The second kappa shape index (κ2) is 9.25. The zero-order valence-corrected chi connectivity index (χ0v) is 15.5. The molecule has 1 atom stereocenters. The highest BCUT2D eigenvalue weighted by Gasteiger charge is 2.22. The number of carbonyl (C=O) groups is 1. The van der Waals surface area contributed by atoms with Crippen LogP contribution in [-0.2, 0) is 21.1 Å². The zero-order valence-electron chi connectivity index (χ0n) is 13.9. The summed E-state index contributed by atoms with van der Waals surface area (Å²) in [6.07, 6.45) is 2.12. The van der Waals surface area contributed by atoms with Gasteiger partial charge in [-0.2, -0.15) is 0 Å². The van der Waals surface area contributed by atoms with Crippen LogP contribution < -0.4 is 11.1 Å². The number of hydrogen-bond acceptors (Lipinski definition) is 4. The van der Waals surface area contributed by atoms with Gasteiger partial charge in [-0.05, 0) is 23.8 Å². The SMILES string of the molecule is CC(C)(CNC(=O)C(N)CCS(C)(=O)=O)Cc1ccccc1.Cl. The van der Waals surface area contributed by atoms with E-state index >= 15 is 0 Å². The van der Waals surface area contributed by atoms with Gasteiger partial charge in [-0.15, -0.1) is 12.4 Å². The van der Waals surface area contributed by atoms with Crippen molar-refractivity contribution in [1.82, 2.24) is 5.32 Å². The zero-order chi connectivity index (χ0) is 16.8. The number of benzene rings is 1. The first-order valence-corrected chi connectivity index (χ1v) is 9.40. The van der Waals surface area contributed by atoms with Crippen LogP contribution in [0.25, 0.3) is 0 Å². The van der Waals surface area contributed by atoms with E-state index in [1.165, 1.54) is 5.56 Å². The summed E-state index contributed by atoms with van der Waals surface area (Å²) < 4.78 is 22.2. The molecule has 1 unspecified atom stereocenters. The Hall–Kier alpha value is -1.11. The number of halogens is 1. The first-order chi connectivity index (χ1) is 10.1. The van der Waals surface area contributed by atoms with Crippen LogP contribution in [-0.4, -0.2) is 38.9 Å². The van der Waals surface area contributed by atoms with Gasteiger partial charge in [0.15, 0.2) is 0 Å². The van der Waals surface area contributed by atoms with Gasteiger partial charge in [0.05, 0.1) is 11.8 Å².